The van der Waals surface area contributed by atoms with Gasteiger partial charge >= 0.3 is 12.1 Å². The van der Waals surface area contributed by atoms with Gasteiger partial charge in [0.25, 0.3) is 0 Å². The van der Waals surface area contributed by atoms with Gasteiger partial charge in [-0.25, -0.2) is 9.59 Å². The maximum absolute atomic E-state index is 12.5. The van der Waals surface area contributed by atoms with Gasteiger partial charge in [0.1, 0.15) is 5.60 Å². The summed E-state index contributed by atoms with van der Waals surface area (Å²) >= 11 is 0. The van der Waals surface area contributed by atoms with Crippen molar-refractivity contribution in [2.45, 2.75) is 39.2 Å². The molecule has 1 aliphatic heterocycles. The molecule has 23 heavy (non-hydrogen) atoms. The highest BCUT2D eigenvalue weighted by molar-refractivity contribution is 5.95. The standard InChI is InChI=1S/C18H23NO4/c1-18(2,3)23-17(21)19-12-6-9-13-7-5-8-14(16(13)19)10-11-15(20)22-4/h5,7-8,10-11H,6,9,12H2,1-4H3. The monoisotopic (exact) mass is 317 g/mol. The molecule has 1 aromatic carbocycles. The number of hydrogen-bond donors (Lipinski definition) is 0. The molecule has 0 fully saturated rings. The molecule has 0 aromatic heterocycles. The highest BCUT2D eigenvalue weighted by atomic mass is 16.6. The minimum absolute atomic E-state index is 0.364. The summed E-state index contributed by atoms with van der Waals surface area (Å²) in [6.45, 7) is 6.14. The van der Waals surface area contributed by atoms with Crippen molar-refractivity contribution in [1.29, 1.82) is 0 Å². The summed E-state index contributed by atoms with van der Waals surface area (Å²) in [6, 6.07) is 5.80. The third kappa shape index (κ3) is 4.34. The molecular formula is C18H23NO4. The number of methoxy groups -OCH3 is 1. The first-order valence-electron chi connectivity index (χ1n) is 7.70. The average molecular weight is 317 g/mol. The minimum Gasteiger partial charge on any atom is -0.466 e. The van der Waals surface area contributed by atoms with Crippen LogP contribution in [0.4, 0.5) is 10.5 Å². The lowest BCUT2D eigenvalue weighted by atomic mass is 9.97. The molecule has 124 valence electrons. The number of amides is 1. The number of rotatable bonds is 2. The zero-order valence-electron chi connectivity index (χ0n) is 14.1. The number of aryl methyl sites for hydroxylation is 1. The Morgan fingerprint density at radius 1 is 1.26 bits per heavy atom. The largest absolute Gasteiger partial charge is 0.466 e. The topological polar surface area (TPSA) is 55.8 Å². The highest BCUT2D eigenvalue weighted by Gasteiger charge is 2.28. The predicted molar refractivity (Wildman–Crippen MR) is 89.4 cm³/mol. The zero-order chi connectivity index (χ0) is 17.0. The Morgan fingerprint density at radius 2 is 2.00 bits per heavy atom. The van der Waals surface area contributed by atoms with Crippen molar-refractivity contribution in [2.75, 3.05) is 18.6 Å². The van der Waals surface area contributed by atoms with Gasteiger partial charge in [0.05, 0.1) is 12.8 Å². The van der Waals surface area contributed by atoms with E-state index in [0.29, 0.717) is 6.54 Å². The van der Waals surface area contributed by atoms with Crippen LogP contribution in [-0.2, 0) is 20.7 Å². The number of nitrogens with zero attached hydrogens (tertiary/aromatic N) is 1. The van der Waals surface area contributed by atoms with Gasteiger partial charge in [0.2, 0.25) is 0 Å². The highest BCUT2D eigenvalue weighted by Crippen LogP contribution is 2.33. The SMILES string of the molecule is COC(=O)C=Cc1cccc2c1N(C(=O)OC(C)(C)C)CCC2. The summed E-state index contributed by atoms with van der Waals surface area (Å²) in [4.78, 5) is 25.5. The van der Waals surface area contributed by atoms with Crippen LogP contribution < -0.4 is 4.90 Å². The number of ether oxygens (including phenoxy) is 2. The second kappa shape index (κ2) is 6.86. The van der Waals surface area contributed by atoms with E-state index in [9.17, 15) is 9.59 Å². The van der Waals surface area contributed by atoms with Gasteiger partial charge in [-0.05, 0) is 50.8 Å². The van der Waals surface area contributed by atoms with Crippen LogP contribution in [-0.4, -0.2) is 31.3 Å². The lowest BCUT2D eigenvalue weighted by Gasteiger charge is -2.32. The summed E-state index contributed by atoms with van der Waals surface area (Å²) in [5.41, 5.74) is 2.15. The van der Waals surface area contributed by atoms with Crippen LogP contribution in [0.2, 0.25) is 0 Å². The summed E-state index contributed by atoms with van der Waals surface area (Å²) < 4.78 is 10.1. The van der Waals surface area contributed by atoms with E-state index in [2.05, 4.69) is 4.74 Å². The second-order valence-corrected chi connectivity index (χ2v) is 6.45. The molecule has 2 rings (SSSR count). The van der Waals surface area contributed by atoms with E-state index in [1.54, 1.807) is 11.0 Å². The van der Waals surface area contributed by atoms with Crippen LogP contribution in [0.1, 0.15) is 38.3 Å². The van der Waals surface area contributed by atoms with Crippen LogP contribution in [0.15, 0.2) is 24.3 Å². The molecule has 0 spiro atoms. The molecule has 0 N–H and O–H groups in total. The maximum Gasteiger partial charge on any atom is 0.414 e. The van der Waals surface area contributed by atoms with E-state index in [0.717, 1.165) is 29.7 Å². The Labute approximate surface area is 136 Å². The van der Waals surface area contributed by atoms with Crippen molar-refractivity contribution in [3.63, 3.8) is 0 Å². The van der Waals surface area contributed by atoms with Gasteiger partial charge in [0, 0.05) is 12.6 Å². The molecular weight excluding hydrogens is 294 g/mol. The molecule has 0 aliphatic carbocycles. The summed E-state index contributed by atoms with van der Waals surface area (Å²) in [7, 11) is 1.33. The van der Waals surface area contributed by atoms with Crippen LogP contribution in [0.3, 0.4) is 0 Å². The fourth-order valence-electron chi connectivity index (χ4n) is 2.54. The van der Waals surface area contributed by atoms with Gasteiger partial charge in [-0.1, -0.05) is 18.2 Å². The molecule has 5 heteroatoms. The average Bonchev–Trinajstić information content (AvgIpc) is 2.50. The predicted octanol–water partition coefficient (Wildman–Crippen LogP) is 3.56. The minimum atomic E-state index is -0.550. The van der Waals surface area contributed by atoms with E-state index >= 15 is 0 Å². The first-order valence-corrected chi connectivity index (χ1v) is 7.70. The van der Waals surface area contributed by atoms with Crippen molar-refractivity contribution in [3.05, 3.63) is 35.4 Å². The number of carbonyl (C=O) groups excluding carboxylic acids is 2. The Balaban J connectivity index is 2.37. The molecule has 0 saturated carbocycles. The number of anilines is 1. The lowest BCUT2D eigenvalue weighted by Crippen LogP contribution is -2.40. The van der Waals surface area contributed by atoms with Crippen molar-refractivity contribution >= 4 is 23.8 Å². The van der Waals surface area contributed by atoms with E-state index in [-0.39, 0.29) is 6.09 Å². The number of esters is 1. The fraction of sp³-hybridized carbons (Fsp3) is 0.444. The summed E-state index contributed by atoms with van der Waals surface area (Å²) in [5, 5.41) is 0. The third-order valence-corrected chi connectivity index (χ3v) is 3.46. The Bertz CT molecular complexity index is 628. The molecule has 5 nitrogen and oxygen atoms in total. The van der Waals surface area contributed by atoms with Gasteiger partial charge in [-0.3, -0.25) is 4.90 Å². The van der Waals surface area contributed by atoms with Gasteiger partial charge in [-0.2, -0.15) is 0 Å². The van der Waals surface area contributed by atoms with Crippen molar-refractivity contribution in [2.24, 2.45) is 0 Å². The zero-order valence-corrected chi connectivity index (χ0v) is 14.1. The lowest BCUT2D eigenvalue weighted by molar-refractivity contribution is -0.134. The number of carbonyl (C=O) groups is 2. The van der Waals surface area contributed by atoms with Gasteiger partial charge in [0.15, 0.2) is 0 Å². The maximum atomic E-state index is 12.5. The molecule has 1 aromatic rings. The Hall–Kier alpha value is -2.30. The van der Waals surface area contributed by atoms with Gasteiger partial charge in [-0.15, -0.1) is 0 Å². The molecule has 0 radical (unpaired) electrons. The molecule has 0 saturated heterocycles. The number of hydrogen-bond acceptors (Lipinski definition) is 4. The van der Waals surface area contributed by atoms with Crippen molar-refractivity contribution in [3.8, 4) is 0 Å². The van der Waals surface area contributed by atoms with E-state index in [4.69, 9.17) is 4.74 Å². The first kappa shape index (κ1) is 17.1. The normalized spacial score (nSPS) is 14.5. The molecule has 0 bridgehead atoms. The van der Waals surface area contributed by atoms with Crippen LogP contribution in [0.25, 0.3) is 6.08 Å². The van der Waals surface area contributed by atoms with E-state index in [1.165, 1.54) is 13.2 Å². The molecule has 1 amide bonds. The number of fused-ring (bicyclic) bond motifs is 1. The van der Waals surface area contributed by atoms with E-state index in [1.807, 2.05) is 39.0 Å². The van der Waals surface area contributed by atoms with Crippen LogP contribution in [0.5, 0.6) is 0 Å². The van der Waals surface area contributed by atoms with Crippen LogP contribution >= 0.6 is 0 Å². The van der Waals surface area contributed by atoms with E-state index < -0.39 is 11.6 Å². The Kier molecular flexibility index (Phi) is 5.08. The molecule has 1 heterocycles. The molecule has 0 unspecified atom stereocenters. The fourth-order valence-corrected chi connectivity index (χ4v) is 2.54. The third-order valence-electron chi connectivity index (χ3n) is 3.46. The molecule has 0 atom stereocenters. The number of para-hydroxylation sites is 1. The van der Waals surface area contributed by atoms with Gasteiger partial charge < -0.3 is 9.47 Å². The summed E-state index contributed by atoms with van der Waals surface area (Å²) in [6.07, 6.45) is 4.45. The Morgan fingerprint density at radius 3 is 2.65 bits per heavy atom. The summed E-state index contributed by atoms with van der Waals surface area (Å²) in [5.74, 6) is -0.428. The number of benzene rings is 1. The molecule has 1 aliphatic rings. The first-order chi connectivity index (χ1) is 10.8. The second-order valence-electron chi connectivity index (χ2n) is 6.45. The quantitative estimate of drug-likeness (QED) is 0.618. The smallest absolute Gasteiger partial charge is 0.414 e. The van der Waals surface area contributed by atoms with Crippen molar-refractivity contribution in [1.82, 2.24) is 0 Å². The van der Waals surface area contributed by atoms with Crippen LogP contribution in [0, 0.1) is 0 Å². The van der Waals surface area contributed by atoms with Crippen molar-refractivity contribution < 1.29 is 19.1 Å².